The highest BCUT2D eigenvalue weighted by Crippen LogP contribution is 2.22. The van der Waals surface area contributed by atoms with Gasteiger partial charge in [-0.3, -0.25) is 0 Å². The van der Waals surface area contributed by atoms with Gasteiger partial charge in [0.1, 0.15) is 0 Å². The smallest absolute Gasteiger partial charge is 0.245 e. The molecule has 2 N–H and O–H groups in total. The first-order valence-electron chi connectivity index (χ1n) is 7.59. The Morgan fingerprint density at radius 2 is 1.90 bits per heavy atom. The maximum Gasteiger partial charge on any atom is 0.245 e. The molecule has 0 radical (unpaired) electrons. The molecule has 1 saturated carbocycles. The predicted molar refractivity (Wildman–Crippen MR) is 84.2 cm³/mol. The largest absolute Gasteiger partial charge is 0.366 e. The Labute approximate surface area is 125 Å². The molecule has 2 aromatic rings. The number of aromatic nitrogens is 3. The average Bonchev–Trinajstić information content (AvgIpc) is 3.01. The number of hydrogen-bond acceptors (Lipinski definition) is 5. The van der Waals surface area contributed by atoms with E-state index < -0.39 is 0 Å². The minimum absolute atomic E-state index is 0.148. The first kappa shape index (κ1) is 13.8. The lowest BCUT2D eigenvalue weighted by atomic mass is 10.1. The summed E-state index contributed by atoms with van der Waals surface area (Å²) in [5.74, 6) is 1.37. The van der Waals surface area contributed by atoms with Gasteiger partial charge in [-0.15, -0.1) is 5.10 Å². The second kappa shape index (κ2) is 6.52. The van der Waals surface area contributed by atoms with Crippen LogP contribution in [0.2, 0.25) is 0 Å². The Kier molecular flexibility index (Phi) is 4.28. The molecule has 1 heterocycles. The summed E-state index contributed by atoms with van der Waals surface area (Å²) >= 11 is 0. The maximum atomic E-state index is 4.51. The normalized spacial score (nSPS) is 16.6. The lowest BCUT2D eigenvalue weighted by Gasteiger charge is -2.15. The molecule has 1 aliphatic carbocycles. The molecule has 110 valence electrons. The third-order valence-electron chi connectivity index (χ3n) is 3.91. The zero-order valence-electron chi connectivity index (χ0n) is 12.3. The third-order valence-corrected chi connectivity index (χ3v) is 3.91. The summed E-state index contributed by atoms with van der Waals surface area (Å²) in [6, 6.07) is 10.9. The summed E-state index contributed by atoms with van der Waals surface area (Å²) in [4.78, 5) is 4.51. The van der Waals surface area contributed by atoms with E-state index in [1.54, 1.807) is 6.20 Å². The van der Waals surface area contributed by atoms with E-state index in [0.717, 1.165) is 5.82 Å². The maximum absolute atomic E-state index is 4.51. The molecule has 1 unspecified atom stereocenters. The average molecular weight is 283 g/mol. The van der Waals surface area contributed by atoms with Crippen LogP contribution in [0.5, 0.6) is 0 Å². The highest BCUT2D eigenvalue weighted by atomic mass is 15.3. The van der Waals surface area contributed by atoms with Gasteiger partial charge in [-0.2, -0.15) is 10.1 Å². The molecule has 1 aromatic heterocycles. The van der Waals surface area contributed by atoms with Gasteiger partial charge in [-0.25, -0.2) is 0 Å². The van der Waals surface area contributed by atoms with E-state index in [-0.39, 0.29) is 6.04 Å². The molecular formula is C16H21N5. The van der Waals surface area contributed by atoms with Crippen LogP contribution < -0.4 is 10.6 Å². The molecule has 21 heavy (non-hydrogen) atoms. The molecule has 1 fully saturated rings. The monoisotopic (exact) mass is 283 g/mol. The molecule has 5 heteroatoms. The van der Waals surface area contributed by atoms with Crippen LogP contribution in [0.1, 0.15) is 44.2 Å². The van der Waals surface area contributed by atoms with Crippen molar-refractivity contribution in [2.75, 3.05) is 10.6 Å². The Hall–Kier alpha value is -2.17. The van der Waals surface area contributed by atoms with E-state index in [0.29, 0.717) is 12.0 Å². The van der Waals surface area contributed by atoms with Gasteiger partial charge >= 0.3 is 0 Å². The highest BCUT2D eigenvalue weighted by molar-refractivity contribution is 5.39. The van der Waals surface area contributed by atoms with Crippen LogP contribution in [0.3, 0.4) is 0 Å². The third kappa shape index (κ3) is 3.68. The van der Waals surface area contributed by atoms with Crippen LogP contribution in [-0.4, -0.2) is 21.2 Å². The van der Waals surface area contributed by atoms with Crippen LogP contribution in [0.25, 0.3) is 0 Å². The molecule has 0 aliphatic heterocycles. The summed E-state index contributed by atoms with van der Waals surface area (Å²) in [7, 11) is 0. The standard InChI is InChI=1S/C16H21N5/c1-12(13-7-3-2-4-8-13)18-16-20-15(11-17-21-16)19-14-9-5-6-10-14/h2-4,7-8,11-12,14H,5-6,9-10H2,1H3,(H2,18,19,20,21). The predicted octanol–water partition coefficient (Wildman–Crippen LogP) is 3.40. The molecule has 1 atom stereocenters. The zero-order valence-corrected chi connectivity index (χ0v) is 12.3. The van der Waals surface area contributed by atoms with Crippen molar-refractivity contribution in [2.45, 2.75) is 44.7 Å². The van der Waals surface area contributed by atoms with E-state index in [1.807, 2.05) is 18.2 Å². The van der Waals surface area contributed by atoms with E-state index in [4.69, 9.17) is 0 Å². The Morgan fingerprint density at radius 1 is 1.14 bits per heavy atom. The lowest BCUT2D eigenvalue weighted by molar-refractivity contribution is 0.745. The fourth-order valence-electron chi connectivity index (χ4n) is 2.73. The number of benzene rings is 1. The van der Waals surface area contributed by atoms with Crippen molar-refractivity contribution < 1.29 is 0 Å². The highest BCUT2D eigenvalue weighted by Gasteiger charge is 2.15. The molecule has 0 bridgehead atoms. The molecule has 5 nitrogen and oxygen atoms in total. The Balaban J connectivity index is 1.65. The Bertz CT molecular complexity index is 566. The lowest BCUT2D eigenvalue weighted by Crippen LogP contribution is -2.17. The topological polar surface area (TPSA) is 62.7 Å². The van der Waals surface area contributed by atoms with Gasteiger partial charge in [-0.05, 0) is 25.3 Å². The van der Waals surface area contributed by atoms with Gasteiger partial charge < -0.3 is 10.6 Å². The number of nitrogens with zero attached hydrogens (tertiary/aromatic N) is 3. The van der Waals surface area contributed by atoms with E-state index >= 15 is 0 Å². The second-order valence-electron chi connectivity index (χ2n) is 5.57. The summed E-state index contributed by atoms with van der Waals surface area (Å²) in [6.45, 7) is 2.09. The van der Waals surface area contributed by atoms with Gasteiger partial charge in [0.05, 0.1) is 12.2 Å². The molecule has 0 amide bonds. The van der Waals surface area contributed by atoms with Gasteiger partial charge in [0.2, 0.25) is 5.95 Å². The van der Waals surface area contributed by atoms with Crippen molar-refractivity contribution in [3.63, 3.8) is 0 Å². The van der Waals surface area contributed by atoms with E-state index in [9.17, 15) is 0 Å². The number of hydrogen-bond donors (Lipinski definition) is 2. The van der Waals surface area contributed by atoms with E-state index in [1.165, 1.54) is 31.2 Å². The molecule has 0 saturated heterocycles. The van der Waals surface area contributed by atoms with Crippen molar-refractivity contribution in [3.8, 4) is 0 Å². The van der Waals surface area contributed by atoms with Crippen LogP contribution in [0.15, 0.2) is 36.5 Å². The SMILES string of the molecule is CC(Nc1nncc(NC2CCCC2)n1)c1ccccc1. The van der Waals surface area contributed by atoms with Crippen LogP contribution >= 0.6 is 0 Å². The summed E-state index contributed by atoms with van der Waals surface area (Å²) in [5, 5.41) is 14.8. The van der Waals surface area contributed by atoms with Gasteiger partial charge in [0, 0.05) is 6.04 Å². The second-order valence-corrected chi connectivity index (χ2v) is 5.57. The van der Waals surface area contributed by atoms with Crippen molar-refractivity contribution in [3.05, 3.63) is 42.1 Å². The van der Waals surface area contributed by atoms with Crippen molar-refractivity contribution in [1.29, 1.82) is 0 Å². The minimum Gasteiger partial charge on any atom is -0.366 e. The summed E-state index contributed by atoms with van der Waals surface area (Å²) < 4.78 is 0. The first-order valence-corrected chi connectivity index (χ1v) is 7.59. The van der Waals surface area contributed by atoms with Crippen LogP contribution in [0, 0.1) is 0 Å². The molecule has 1 aromatic carbocycles. The van der Waals surface area contributed by atoms with Crippen molar-refractivity contribution in [2.24, 2.45) is 0 Å². The molecule has 1 aliphatic rings. The molecular weight excluding hydrogens is 262 g/mol. The van der Waals surface area contributed by atoms with Crippen molar-refractivity contribution in [1.82, 2.24) is 15.2 Å². The van der Waals surface area contributed by atoms with Crippen molar-refractivity contribution >= 4 is 11.8 Å². The number of rotatable bonds is 5. The van der Waals surface area contributed by atoms with Gasteiger partial charge in [0.15, 0.2) is 5.82 Å². The van der Waals surface area contributed by atoms with Gasteiger partial charge in [-0.1, -0.05) is 43.2 Å². The molecule has 0 spiro atoms. The number of nitrogens with one attached hydrogen (secondary N) is 2. The fraction of sp³-hybridized carbons (Fsp3) is 0.438. The first-order chi connectivity index (χ1) is 10.3. The summed E-state index contributed by atoms with van der Waals surface area (Å²) in [5.41, 5.74) is 1.20. The number of anilines is 2. The minimum atomic E-state index is 0.148. The van der Waals surface area contributed by atoms with Crippen LogP contribution in [-0.2, 0) is 0 Å². The quantitative estimate of drug-likeness (QED) is 0.880. The Morgan fingerprint density at radius 3 is 2.67 bits per heavy atom. The van der Waals surface area contributed by atoms with Crippen LogP contribution in [0.4, 0.5) is 11.8 Å². The summed E-state index contributed by atoms with van der Waals surface area (Å²) in [6.07, 6.45) is 6.72. The van der Waals surface area contributed by atoms with Gasteiger partial charge in [0.25, 0.3) is 0 Å². The fourth-order valence-corrected chi connectivity index (χ4v) is 2.73. The zero-order chi connectivity index (χ0) is 14.5. The van der Waals surface area contributed by atoms with E-state index in [2.05, 4.69) is 44.9 Å². The molecule has 3 rings (SSSR count).